The first-order chi connectivity index (χ1) is 9.66. The van der Waals surface area contributed by atoms with Crippen LogP contribution in [0.15, 0.2) is 0 Å². The van der Waals surface area contributed by atoms with Crippen LogP contribution >= 0.6 is 35.7 Å². The maximum Gasteiger partial charge on any atom is 0.227 e. The summed E-state index contributed by atoms with van der Waals surface area (Å²) in [4.78, 5) is 12.1. The fourth-order valence-electron chi connectivity index (χ4n) is 2.31. The molecular formula is C14H27NO2S3Si. The third kappa shape index (κ3) is 5.86. The number of nitrogens with one attached hydrogen (secondary N) is 1. The summed E-state index contributed by atoms with van der Waals surface area (Å²) >= 11 is 8.65. The van der Waals surface area contributed by atoms with Crippen LogP contribution in [0.2, 0.25) is 13.1 Å². The Labute approximate surface area is 144 Å². The van der Waals surface area contributed by atoms with Crippen molar-refractivity contribution in [3.8, 4) is 0 Å². The number of amides is 1. The average molecular weight is 366 g/mol. The predicted molar refractivity (Wildman–Crippen MR) is 102 cm³/mol. The standard InChI is InChI=1S/C14H27NO2S3Si/c1-7-19-13(18)20-12-10(11(16)15-12)9(14(2,3)4)8-17-21(5)6/h9-10,12,21H,7-8H2,1-6H3,(H,15,16)/t9?,10-,12+/m0/s1. The molecule has 0 aliphatic carbocycles. The van der Waals surface area contributed by atoms with Gasteiger partial charge in [-0.05, 0) is 24.3 Å². The molecule has 1 saturated heterocycles. The SMILES string of the molecule is CCSC(=S)S[C@H]1NC(=O)[C@@H]1C(CO[SiH](C)C)C(C)(C)C. The van der Waals surface area contributed by atoms with E-state index < -0.39 is 9.04 Å². The normalized spacial score (nSPS) is 23.7. The second-order valence-corrected chi connectivity index (χ2v) is 12.7. The van der Waals surface area contributed by atoms with E-state index in [-0.39, 0.29) is 28.5 Å². The number of hydrogen-bond acceptors (Lipinski definition) is 5. The van der Waals surface area contributed by atoms with Gasteiger partial charge >= 0.3 is 0 Å². The van der Waals surface area contributed by atoms with Gasteiger partial charge in [-0.15, -0.1) is 11.8 Å². The zero-order valence-corrected chi connectivity index (χ0v) is 17.4. The Hall–Kier alpha value is 0.437. The van der Waals surface area contributed by atoms with E-state index in [0.29, 0.717) is 6.61 Å². The summed E-state index contributed by atoms with van der Waals surface area (Å²) in [5.74, 6) is 1.35. The highest BCUT2D eigenvalue weighted by atomic mass is 32.2. The van der Waals surface area contributed by atoms with Gasteiger partial charge in [0.15, 0.2) is 9.04 Å². The molecule has 3 atom stereocenters. The zero-order chi connectivity index (χ0) is 16.2. The lowest BCUT2D eigenvalue weighted by atomic mass is 9.71. The van der Waals surface area contributed by atoms with Gasteiger partial charge in [-0.1, -0.05) is 51.7 Å². The Morgan fingerprint density at radius 1 is 1.48 bits per heavy atom. The topological polar surface area (TPSA) is 38.3 Å². The number of hydrogen-bond donors (Lipinski definition) is 1. The second kappa shape index (κ2) is 8.33. The Bertz CT molecular complexity index is 385. The second-order valence-electron chi connectivity index (χ2n) is 6.61. The molecule has 1 unspecified atom stereocenters. The van der Waals surface area contributed by atoms with E-state index in [9.17, 15) is 4.79 Å². The molecule has 0 aromatic carbocycles. The van der Waals surface area contributed by atoms with Gasteiger partial charge in [0.05, 0.1) is 11.3 Å². The Morgan fingerprint density at radius 2 is 2.10 bits per heavy atom. The maximum atomic E-state index is 12.1. The van der Waals surface area contributed by atoms with E-state index in [4.69, 9.17) is 16.6 Å². The van der Waals surface area contributed by atoms with Gasteiger partial charge in [0.25, 0.3) is 0 Å². The summed E-state index contributed by atoms with van der Waals surface area (Å²) in [5, 5.41) is 3.10. The summed E-state index contributed by atoms with van der Waals surface area (Å²) in [6, 6.07) is 0. The number of β-lactam (4-membered cyclic amide) rings is 1. The smallest absolute Gasteiger partial charge is 0.227 e. The van der Waals surface area contributed by atoms with Gasteiger partial charge in [0, 0.05) is 12.5 Å². The first-order valence-corrected chi connectivity index (χ1v) is 12.5. The van der Waals surface area contributed by atoms with E-state index in [1.54, 1.807) is 23.5 Å². The van der Waals surface area contributed by atoms with Crippen LogP contribution in [-0.2, 0) is 9.22 Å². The molecule has 0 saturated carbocycles. The number of thiocarbonyl (C=S) groups is 1. The molecule has 1 N–H and O–H groups in total. The van der Waals surface area contributed by atoms with Crippen molar-refractivity contribution in [2.24, 2.45) is 17.3 Å². The largest absolute Gasteiger partial charge is 0.420 e. The van der Waals surface area contributed by atoms with Crippen LogP contribution in [-0.4, -0.2) is 36.2 Å². The van der Waals surface area contributed by atoms with Gasteiger partial charge in [-0.25, -0.2) is 0 Å². The monoisotopic (exact) mass is 365 g/mol. The maximum absolute atomic E-state index is 12.1. The number of thioether (sulfide) groups is 2. The molecule has 1 rings (SSSR count). The van der Waals surface area contributed by atoms with E-state index >= 15 is 0 Å². The molecule has 1 aliphatic rings. The van der Waals surface area contributed by atoms with Crippen molar-refractivity contribution in [3.05, 3.63) is 0 Å². The van der Waals surface area contributed by atoms with Crippen molar-refractivity contribution < 1.29 is 9.22 Å². The summed E-state index contributed by atoms with van der Waals surface area (Å²) in [6.07, 6.45) is 0. The highest BCUT2D eigenvalue weighted by molar-refractivity contribution is 8.47. The van der Waals surface area contributed by atoms with E-state index in [0.717, 1.165) is 9.28 Å². The van der Waals surface area contributed by atoms with Crippen molar-refractivity contribution in [2.45, 2.75) is 46.2 Å². The Balaban J connectivity index is 2.74. The lowest BCUT2D eigenvalue weighted by Crippen LogP contribution is -2.62. The molecule has 3 nitrogen and oxygen atoms in total. The molecule has 122 valence electrons. The van der Waals surface area contributed by atoms with Crippen molar-refractivity contribution in [1.82, 2.24) is 5.32 Å². The third-order valence-corrected chi connectivity index (χ3v) is 7.08. The Kier molecular flexibility index (Phi) is 7.73. The summed E-state index contributed by atoms with van der Waals surface area (Å²) in [7, 11) is -1.08. The fraction of sp³-hybridized carbons (Fsp3) is 0.857. The van der Waals surface area contributed by atoms with Crippen LogP contribution in [0.25, 0.3) is 0 Å². The van der Waals surface area contributed by atoms with E-state index in [1.807, 2.05) is 0 Å². The van der Waals surface area contributed by atoms with Crippen LogP contribution < -0.4 is 5.32 Å². The summed E-state index contributed by atoms with van der Waals surface area (Å²) in [6.45, 7) is 13.7. The van der Waals surface area contributed by atoms with E-state index in [2.05, 4.69) is 46.1 Å². The molecule has 1 fully saturated rings. The van der Waals surface area contributed by atoms with Gasteiger partial charge in [0.1, 0.15) is 3.53 Å². The Morgan fingerprint density at radius 3 is 2.52 bits per heavy atom. The number of carbonyl (C=O) groups is 1. The van der Waals surface area contributed by atoms with Gasteiger partial charge < -0.3 is 9.74 Å². The van der Waals surface area contributed by atoms with Crippen LogP contribution in [0.3, 0.4) is 0 Å². The molecule has 7 heteroatoms. The average Bonchev–Trinajstić information content (AvgIpc) is 2.32. The van der Waals surface area contributed by atoms with Gasteiger partial charge in [0.2, 0.25) is 5.91 Å². The lowest BCUT2D eigenvalue weighted by molar-refractivity contribution is -0.138. The minimum Gasteiger partial charge on any atom is -0.420 e. The van der Waals surface area contributed by atoms with Crippen LogP contribution in [0.1, 0.15) is 27.7 Å². The van der Waals surface area contributed by atoms with Gasteiger partial charge in [-0.3, -0.25) is 4.79 Å². The minimum atomic E-state index is -1.08. The molecular weight excluding hydrogens is 338 g/mol. The van der Waals surface area contributed by atoms with Crippen molar-refractivity contribution in [2.75, 3.05) is 12.4 Å². The molecule has 0 aromatic rings. The first kappa shape index (κ1) is 19.5. The molecule has 0 radical (unpaired) electrons. The number of carbonyl (C=O) groups excluding carboxylic acids is 1. The molecule has 1 amide bonds. The molecule has 0 aromatic heterocycles. The number of rotatable bonds is 6. The molecule has 1 aliphatic heterocycles. The van der Waals surface area contributed by atoms with Crippen molar-refractivity contribution in [3.63, 3.8) is 0 Å². The van der Waals surface area contributed by atoms with Crippen molar-refractivity contribution >= 4 is 54.2 Å². The minimum absolute atomic E-state index is 0.00171. The molecule has 0 spiro atoms. The van der Waals surface area contributed by atoms with Gasteiger partial charge in [-0.2, -0.15) is 0 Å². The van der Waals surface area contributed by atoms with E-state index in [1.165, 1.54) is 0 Å². The van der Waals surface area contributed by atoms with Crippen molar-refractivity contribution in [1.29, 1.82) is 0 Å². The quantitative estimate of drug-likeness (QED) is 0.443. The molecule has 1 heterocycles. The lowest BCUT2D eigenvalue weighted by Gasteiger charge is -2.46. The van der Waals surface area contributed by atoms with Crippen LogP contribution in [0.5, 0.6) is 0 Å². The summed E-state index contributed by atoms with van der Waals surface area (Å²) in [5.41, 5.74) is 0.0457. The zero-order valence-electron chi connectivity index (χ0n) is 13.8. The first-order valence-electron chi connectivity index (χ1n) is 7.42. The molecule has 0 bridgehead atoms. The third-order valence-electron chi connectivity index (χ3n) is 3.55. The molecule has 21 heavy (non-hydrogen) atoms. The highest BCUT2D eigenvalue weighted by Gasteiger charge is 2.49. The fourth-order valence-corrected chi connectivity index (χ4v) is 5.58. The van der Waals surface area contributed by atoms with Crippen LogP contribution in [0.4, 0.5) is 0 Å². The summed E-state index contributed by atoms with van der Waals surface area (Å²) < 4.78 is 6.86. The highest BCUT2D eigenvalue weighted by Crippen LogP contribution is 2.42. The van der Waals surface area contributed by atoms with Crippen LogP contribution in [0, 0.1) is 17.3 Å². The predicted octanol–water partition coefficient (Wildman–Crippen LogP) is 3.49.